The van der Waals surface area contributed by atoms with E-state index in [9.17, 15) is 13.2 Å². The zero-order chi connectivity index (χ0) is 22.0. The zero-order valence-electron chi connectivity index (χ0n) is 16.0. The quantitative estimate of drug-likeness (QED) is 0.364. The third-order valence-corrected chi connectivity index (χ3v) is 6.37. The molecule has 156 valence electrons. The second-order valence-corrected chi connectivity index (χ2v) is 9.29. The standard InChI is InChI=1S/C23H16Cl2N2O3S/c24-15-12-16(25)14-18(13-15)31(29,30)27-22-11-5-8-19-20(22)9-4-10-21(19)23(28)26-17-6-2-1-3-7-17/h1-14,27H,(H,26,28). The Bertz CT molecular complexity index is 1370. The van der Waals surface area contributed by atoms with Gasteiger partial charge >= 0.3 is 0 Å². The summed E-state index contributed by atoms with van der Waals surface area (Å²) in [4.78, 5) is 12.8. The summed E-state index contributed by atoms with van der Waals surface area (Å²) in [6.07, 6.45) is 0. The number of carbonyl (C=O) groups excluding carboxylic acids is 1. The van der Waals surface area contributed by atoms with Gasteiger partial charge < -0.3 is 5.32 Å². The lowest BCUT2D eigenvalue weighted by Gasteiger charge is -2.13. The van der Waals surface area contributed by atoms with Gasteiger partial charge in [-0.3, -0.25) is 9.52 Å². The van der Waals surface area contributed by atoms with Crippen LogP contribution < -0.4 is 10.0 Å². The molecule has 0 atom stereocenters. The predicted molar refractivity (Wildman–Crippen MR) is 126 cm³/mol. The molecule has 8 heteroatoms. The topological polar surface area (TPSA) is 75.3 Å². The first-order valence-corrected chi connectivity index (χ1v) is 11.4. The van der Waals surface area contributed by atoms with Crippen molar-refractivity contribution in [3.05, 3.63) is 101 Å². The lowest BCUT2D eigenvalue weighted by molar-refractivity contribution is 0.102. The molecule has 31 heavy (non-hydrogen) atoms. The van der Waals surface area contributed by atoms with Crippen molar-refractivity contribution in [3.8, 4) is 0 Å². The summed E-state index contributed by atoms with van der Waals surface area (Å²) < 4.78 is 28.4. The van der Waals surface area contributed by atoms with E-state index in [2.05, 4.69) is 10.0 Å². The highest BCUT2D eigenvalue weighted by atomic mass is 35.5. The van der Waals surface area contributed by atoms with Crippen molar-refractivity contribution in [3.63, 3.8) is 0 Å². The molecule has 0 aliphatic carbocycles. The molecule has 0 fully saturated rings. The molecule has 0 saturated heterocycles. The second kappa shape index (κ2) is 8.59. The maximum atomic E-state index is 12.9. The number of nitrogens with one attached hydrogen (secondary N) is 2. The van der Waals surface area contributed by atoms with E-state index in [1.807, 2.05) is 18.2 Å². The van der Waals surface area contributed by atoms with Crippen molar-refractivity contribution < 1.29 is 13.2 Å². The molecule has 0 bridgehead atoms. The van der Waals surface area contributed by atoms with Crippen LogP contribution in [0.4, 0.5) is 11.4 Å². The van der Waals surface area contributed by atoms with E-state index in [1.165, 1.54) is 18.2 Å². The number of sulfonamides is 1. The Morgan fingerprint density at radius 2 is 1.39 bits per heavy atom. The first-order valence-electron chi connectivity index (χ1n) is 9.20. The van der Waals surface area contributed by atoms with E-state index in [4.69, 9.17) is 23.2 Å². The number of para-hydroxylation sites is 1. The molecule has 0 aliphatic rings. The van der Waals surface area contributed by atoms with Crippen molar-refractivity contribution >= 4 is 61.3 Å². The van der Waals surface area contributed by atoms with Gasteiger partial charge in [-0.15, -0.1) is 0 Å². The molecule has 5 nitrogen and oxygen atoms in total. The van der Waals surface area contributed by atoms with Crippen LogP contribution in [0.3, 0.4) is 0 Å². The number of benzene rings is 4. The molecule has 1 amide bonds. The van der Waals surface area contributed by atoms with Crippen LogP contribution in [0.2, 0.25) is 10.0 Å². The highest BCUT2D eigenvalue weighted by molar-refractivity contribution is 7.92. The Morgan fingerprint density at radius 1 is 0.742 bits per heavy atom. The average Bonchev–Trinajstić information content (AvgIpc) is 2.73. The lowest BCUT2D eigenvalue weighted by atomic mass is 10.0. The molecular formula is C23H16Cl2N2O3S. The largest absolute Gasteiger partial charge is 0.322 e. The first-order chi connectivity index (χ1) is 14.8. The fraction of sp³-hybridized carbons (Fsp3) is 0. The minimum atomic E-state index is -3.95. The summed E-state index contributed by atoms with van der Waals surface area (Å²) >= 11 is 11.9. The molecule has 4 aromatic carbocycles. The molecule has 0 aromatic heterocycles. The van der Waals surface area contributed by atoms with Crippen LogP contribution in [-0.4, -0.2) is 14.3 Å². The van der Waals surface area contributed by atoms with Gasteiger partial charge in [-0.25, -0.2) is 8.42 Å². The van der Waals surface area contributed by atoms with Crippen LogP contribution in [0.25, 0.3) is 10.8 Å². The van der Waals surface area contributed by atoms with Crippen LogP contribution in [0.5, 0.6) is 0 Å². The summed E-state index contributed by atoms with van der Waals surface area (Å²) in [5, 5.41) is 4.47. The van der Waals surface area contributed by atoms with E-state index in [-0.39, 0.29) is 20.8 Å². The van der Waals surface area contributed by atoms with E-state index in [0.717, 1.165) is 0 Å². The number of anilines is 2. The third kappa shape index (κ3) is 4.66. The molecule has 0 unspecified atom stereocenters. The highest BCUT2D eigenvalue weighted by Gasteiger charge is 2.18. The van der Waals surface area contributed by atoms with Gasteiger partial charge in [0.05, 0.1) is 10.6 Å². The predicted octanol–water partition coefficient (Wildman–Crippen LogP) is 6.20. The molecule has 0 aliphatic heterocycles. The Hall–Kier alpha value is -3.06. The minimum Gasteiger partial charge on any atom is -0.322 e. The highest BCUT2D eigenvalue weighted by Crippen LogP contribution is 2.30. The smallest absolute Gasteiger partial charge is 0.262 e. The van der Waals surface area contributed by atoms with E-state index >= 15 is 0 Å². The maximum absolute atomic E-state index is 12.9. The molecule has 4 rings (SSSR count). The van der Waals surface area contributed by atoms with Gasteiger partial charge in [0.15, 0.2) is 0 Å². The fourth-order valence-corrected chi connectivity index (χ4v) is 5.01. The van der Waals surface area contributed by atoms with Crippen molar-refractivity contribution in [1.29, 1.82) is 0 Å². The van der Waals surface area contributed by atoms with E-state index in [1.54, 1.807) is 48.5 Å². The number of carbonyl (C=O) groups is 1. The Kier molecular flexibility index (Phi) is 5.87. The molecule has 2 N–H and O–H groups in total. The number of amides is 1. The van der Waals surface area contributed by atoms with Crippen molar-refractivity contribution in [2.75, 3.05) is 10.0 Å². The SMILES string of the molecule is O=C(Nc1ccccc1)c1cccc2c(NS(=O)(=O)c3cc(Cl)cc(Cl)c3)cccc12. The van der Waals surface area contributed by atoms with Crippen LogP contribution in [0.1, 0.15) is 10.4 Å². The molecule has 0 spiro atoms. The number of fused-ring (bicyclic) bond motifs is 1. The number of hydrogen-bond donors (Lipinski definition) is 2. The summed E-state index contributed by atoms with van der Waals surface area (Å²) in [5.74, 6) is -0.293. The average molecular weight is 471 g/mol. The summed E-state index contributed by atoms with van der Waals surface area (Å²) in [5.41, 5.74) is 1.43. The summed E-state index contributed by atoms with van der Waals surface area (Å²) in [6, 6.07) is 23.4. The fourth-order valence-electron chi connectivity index (χ4n) is 3.20. The van der Waals surface area contributed by atoms with Gasteiger partial charge in [-0.1, -0.05) is 65.7 Å². The maximum Gasteiger partial charge on any atom is 0.262 e. The number of rotatable bonds is 5. The second-order valence-electron chi connectivity index (χ2n) is 6.74. The van der Waals surface area contributed by atoms with Crippen LogP contribution in [-0.2, 0) is 10.0 Å². The molecular weight excluding hydrogens is 455 g/mol. The molecule has 0 heterocycles. The lowest BCUT2D eigenvalue weighted by Crippen LogP contribution is -2.14. The van der Waals surface area contributed by atoms with Crippen molar-refractivity contribution in [1.82, 2.24) is 0 Å². The van der Waals surface area contributed by atoms with Gasteiger partial charge in [0.1, 0.15) is 0 Å². The monoisotopic (exact) mass is 470 g/mol. The van der Waals surface area contributed by atoms with Gasteiger partial charge in [-0.2, -0.15) is 0 Å². The Balaban J connectivity index is 1.72. The third-order valence-electron chi connectivity index (χ3n) is 4.59. The van der Waals surface area contributed by atoms with Gasteiger partial charge in [-0.05, 0) is 47.9 Å². The van der Waals surface area contributed by atoms with E-state index in [0.29, 0.717) is 27.7 Å². The zero-order valence-corrected chi connectivity index (χ0v) is 18.3. The number of halogens is 2. The first kappa shape index (κ1) is 21.2. The summed E-state index contributed by atoms with van der Waals surface area (Å²) in [6.45, 7) is 0. The van der Waals surface area contributed by atoms with Gasteiger partial charge in [0, 0.05) is 26.7 Å². The minimum absolute atomic E-state index is 0.0556. The van der Waals surface area contributed by atoms with Gasteiger partial charge in [0.2, 0.25) is 0 Å². The number of hydrogen-bond acceptors (Lipinski definition) is 3. The Morgan fingerprint density at radius 3 is 2.10 bits per heavy atom. The Labute approximate surface area is 189 Å². The van der Waals surface area contributed by atoms with Crippen LogP contribution in [0.15, 0.2) is 89.8 Å². The molecule has 0 saturated carbocycles. The van der Waals surface area contributed by atoms with Gasteiger partial charge in [0.25, 0.3) is 15.9 Å². The van der Waals surface area contributed by atoms with Crippen molar-refractivity contribution in [2.24, 2.45) is 0 Å². The summed E-state index contributed by atoms with van der Waals surface area (Å²) in [7, 11) is -3.95. The molecule has 0 radical (unpaired) electrons. The van der Waals surface area contributed by atoms with Crippen LogP contribution >= 0.6 is 23.2 Å². The van der Waals surface area contributed by atoms with Crippen molar-refractivity contribution in [2.45, 2.75) is 4.90 Å². The van der Waals surface area contributed by atoms with Crippen LogP contribution in [0, 0.1) is 0 Å². The van der Waals surface area contributed by atoms with E-state index < -0.39 is 10.0 Å². The normalized spacial score (nSPS) is 11.3. The molecule has 4 aromatic rings.